The first-order chi connectivity index (χ1) is 18.7. The van der Waals surface area contributed by atoms with E-state index in [0.717, 1.165) is 41.9 Å². The largest absolute Gasteiger partial charge is 0.433 e. The summed E-state index contributed by atoms with van der Waals surface area (Å²) in [6.45, 7) is 5.26. The fraction of sp³-hybridized carbons (Fsp3) is 0.379. The van der Waals surface area contributed by atoms with Crippen molar-refractivity contribution >= 4 is 17.3 Å². The fourth-order valence-electron chi connectivity index (χ4n) is 5.33. The number of carbonyl (C=O) groups is 1. The van der Waals surface area contributed by atoms with Gasteiger partial charge in [-0.05, 0) is 73.0 Å². The normalized spacial score (nSPS) is 18.8. The van der Waals surface area contributed by atoms with Gasteiger partial charge in [-0.1, -0.05) is 18.2 Å². The van der Waals surface area contributed by atoms with E-state index in [-0.39, 0.29) is 11.6 Å². The number of nitrogens with zero attached hydrogens (tertiary/aromatic N) is 2. The van der Waals surface area contributed by atoms with Crippen molar-refractivity contribution in [1.29, 1.82) is 0 Å². The summed E-state index contributed by atoms with van der Waals surface area (Å²) in [5.74, 6) is -0.311. The highest BCUT2D eigenvalue weighted by Gasteiger charge is 2.37. The summed E-state index contributed by atoms with van der Waals surface area (Å²) < 4.78 is 50.8. The SMILES string of the molecule is CNCOCC1Cc2ccc(-c3cc(NC(=O)c4ccnc(C(F)(F)F)c4)ccc3C)cc2N2CCOC[C@@H]12. The van der Waals surface area contributed by atoms with Crippen molar-refractivity contribution in [2.24, 2.45) is 5.92 Å². The fourth-order valence-corrected chi connectivity index (χ4v) is 5.33. The molecule has 1 unspecified atom stereocenters. The number of ether oxygens (including phenoxy) is 2. The zero-order chi connectivity index (χ0) is 27.6. The van der Waals surface area contributed by atoms with E-state index >= 15 is 0 Å². The molecule has 1 saturated heterocycles. The van der Waals surface area contributed by atoms with Gasteiger partial charge in [0.15, 0.2) is 0 Å². The van der Waals surface area contributed by atoms with Gasteiger partial charge < -0.3 is 19.7 Å². The van der Waals surface area contributed by atoms with Gasteiger partial charge >= 0.3 is 6.18 Å². The molecule has 0 saturated carbocycles. The molecule has 0 spiro atoms. The Labute approximate surface area is 225 Å². The minimum Gasteiger partial charge on any atom is -0.377 e. The average Bonchev–Trinajstić information content (AvgIpc) is 2.93. The van der Waals surface area contributed by atoms with E-state index in [1.165, 1.54) is 17.3 Å². The smallest absolute Gasteiger partial charge is 0.377 e. The van der Waals surface area contributed by atoms with Gasteiger partial charge in [-0.25, -0.2) is 0 Å². The van der Waals surface area contributed by atoms with Crippen molar-refractivity contribution in [3.05, 3.63) is 77.1 Å². The zero-order valence-corrected chi connectivity index (χ0v) is 21.8. The highest BCUT2D eigenvalue weighted by molar-refractivity contribution is 6.04. The van der Waals surface area contributed by atoms with Crippen LogP contribution in [0.5, 0.6) is 0 Å². The topological polar surface area (TPSA) is 75.7 Å². The van der Waals surface area contributed by atoms with Gasteiger partial charge in [0.05, 0.1) is 32.6 Å². The highest BCUT2D eigenvalue weighted by atomic mass is 19.4. The molecule has 1 aromatic heterocycles. The molecule has 0 bridgehead atoms. The standard InChI is InChI=1S/C29H31F3N4O3/c1-18-3-6-23(35-28(37)21-7-8-34-27(13-21)29(30,31)32)14-24(18)19-4-5-20-11-22(15-39-17-33-2)26-16-38-10-9-36(26)25(20)12-19/h3-8,12-14,22,26,33H,9-11,15-17H2,1-2H3,(H,35,37)/t22?,26-/m0/s1. The van der Waals surface area contributed by atoms with Crippen molar-refractivity contribution in [2.75, 3.05) is 50.4 Å². The maximum absolute atomic E-state index is 13.0. The quantitative estimate of drug-likeness (QED) is 0.328. The molecule has 3 heterocycles. The molecule has 2 aromatic carbocycles. The van der Waals surface area contributed by atoms with Crippen LogP contribution in [0.4, 0.5) is 24.5 Å². The van der Waals surface area contributed by atoms with E-state index in [1.807, 2.05) is 26.1 Å². The Hall–Kier alpha value is -3.47. The van der Waals surface area contributed by atoms with Crippen LogP contribution in [0.1, 0.15) is 27.2 Å². The lowest BCUT2D eigenvalue weighted by molar-refractivity contribution is -0.141. The number of pyridine rings is 1. The number of fused-ring (bicyclic) bond motifs is 3. The van der Waals surface area contributed by atoms with Crippen LogP contribution < -0.4 is 15.5 Å². The van der Waals surface area contributed by atoms with Crippen LogP contribution >= 0.6 is 0 Å². The first-order valence-electron chi connectivity index (χ1n) is 12.9. The summed E-state index contributed by atoms with van der Waals surface area (Å²) in [5, 5.41) is 5.75. The van der Waals surface area contributed by atoms with Gasteiger partial charge in [-0.2, -0.15) is 13.2 Å². The number of rotatable bonds is 7. The van der Waals surface area contributed by atoms with E-state index in [0.29, 0.717) is 38.2 Å². The molecule has 10 heteroatoms. The van der Waals surface area contributed by atoms with Crippen LogP contribution in [0.3, 0.4) is 0 Å². The lowest BCUT2D eigenvalue weighted by Crippen LogP contribution is -2.54. The van der Waals surface area contributed by atoms with Crippen LogP contribution in [0.25, 0.3) is 11.1 Å². The van der Waals surface area contributed by atoms with Crippen LogP contribution in [-0.2, 0) is 22.1 Å². The Morgan fingerprint density at radius 2 is 2.03 bits per heavy atom. The predicted molar refractivity (Wildman–Crippen MR) is 143 cm³/mol. The number of amides is 1. The first-order valence-corrected chi connectivity index (χ1v) is 12.9. The molecule has 0 aliphatic carbocycles. The highest BCUT2D eigenvalue weighted by Crippen LogP contribution is 2.39. The molecular weight excluding hydrogens is 509 g/mol. The molecule has 2 aliphatic heterocycles. The summed E-state index contributed by atoms with van der Waals surface area (Å²) in [6.07, 6.45) is -2.74. The van der Waals surface area contributed by atoms with Gasteiger partial charge in [0.25, 0.3) is 5.91 Å². The summed E-state index contributed by atoms with van der Waals surface area (Å²) in [7, 11) is 1.86. The van der Waals surface area contributed by atoms with E-state index in [2.05, 4.69) is 38.7 Å². The molecule has 7 nitrogen and oxygen atoms in total. The molecule has 206 valence electrons. The lowest BCUT2D eigenvalue weighted by atomic mass is 9.84. The number of halogens is 3. The van der Waals surface area contributed by atoms with E-state index < -0.39 is 17.8 Å². The molecule has 0 radical (unpaired) electrons. The second-order valence-electron chi connectivity index (χ2n) is 9.92. The Kier molecular flexibility index (Phi) is 7.88. The van der Waals surface area contributed by atoms with Gasteiger partial charge in [0.1, 0.15) is 5.69 Å². The van der Waals surface area contributed by atoms with Crippen LogP contribution in [0.2, 0.25) is 0 Å². The monoisotopic (exact) mass is 540 g/mol. The molecule has 3 aromatic rings. The van der Waals surface area contributed by atoms with Crippen molar-refractivity contribution in [2.45, 2.75) is 25.6 Å². The first kappa shape index (κ1) is 27.1. The Morgan fingerprint density at radius 3 is 2.82 bits per heavy atom. The second kappa shape index (κ2) is 11.3. The maximum Gasteiger partial charge on any atom is 0.433 e. The van der Waals surface area contributed by atoms with Gasteiger partial charge in [0, 0.05) is 35.6 Å². The minimum absolute atomic E-state index is 0.111. The maximum atomic E-state index is 13.0. The van der Waals surface area contributed by atoms with Gasteiger partial charge in [0.2, 0.25) is 0 Å². The second-order valence-corrected chi connectivity index (χ2v) is 9.92. The van der Waals surface area contributed by atoms with Crippen LogP contribution in [-0.4, -0.2) is 57.1 Å². The van der Waals surface area contributed by atoms with Crippen molar-refractivity contribution in [1.82, 2.24) is 10.3 Å². The van der Waals surface area contributed by atoms with Gasteiger partial charge in [-0.3, -0.25) is 15.1 Å². The molecule has 2 N–H and O–H groups in total. The summed E-state index contributed by atoms with van der Waals surface area (Å²) in [4.78, 5) is 18.5. The number of hydrogen-bond acceptors (Lipinski definition) is 6. The lowest BCUT2D eigenvalue weighted by Gasteiger charge is -2.46. The Morgan fingerprint density at radius 1 is 1.18 bits per heavy atom. The summed E-state index contributed by atoms with van der Waals surface area (Å²) in [6, 6.07) is 14.2. The molecule has 5 rings (SSSR count). The molecule has 39 heavy (non-hydrogen) atoms. The third kappa shape index (κ3) is 5.93. The van der Waals surface area contributed by atoms with Crippen molar-refractivity contribution in [3.8, 4) is 11.1 Å². The van der Waals surface area contributed by atoms with Crippen molar-refractivity contribution < 1.29 is 27.4 Å². The molecular formula is C29H31F3N4O3. The van der Waals surface area contributed by atoms with E-state index in [9.17, 15) is 18.0 Å². The Balaban J connectivity index is 1.40. The van der Waals surface area contributed by atoms with Gasteiger partial charge in [-0.15, -0.1) is 0 Å². The minimum atomic E-state index is -4.63. The number of aromatic nitrogens is 1. The predicted octanol–water partition coefficient (Wildman–Crippen LogP) is 4.90. The molecule has 2 aliphatic rings. The average molecular weight is 541 g/mol. The number of benzene rings is 2. The van der Waals surface area contributed by atoms with E-state index in [4.69, 9.17) is 9.47 Å². The molecule has 1 amide bonds. The third-order valence-corrected chi connectivity index (χ3v) is 7.28. The number of nitrogens with one attached hydrogen (secondary N) is 2. The van der Waals surface area contributed by atoms with Crippen LogP contribution in [0, 0.1) is 12.8 Å². The number of morpholine rings is 1. The number of hydrogen-bond donors (Lipinski definition) is 2. The number of aryl methyl sites for hydroxylation is 1. The number of carbonyl (C=O) groups excluding carboxylic acids is 1. The third-order valence-electron chi connectivity index (χ3n) is 7.28. The Bertz CT molecular complexity index is 1350. The molecule has 2 atom stereocenters. The summed E-state index contributed by atoms with van der Waals surface area (Å²) >= 11 is 0. The zero-order valence-electron chi connectivity index (χ0n) is 21.8. The van der Waals surface area contributed by atoms with Crippen molar-refractivity contribution in [3.63, 3.8) is 0 Å². The molecule has 1 fully saturated rings. The number of anilines is 2. The number of alkyl halides is 3. The van der Waals surface area contributed by atoms with E-state index in [1.54, 1.807) is 6.07 Å². The van der Waals surface area contributed by atoms with Crippen LogP contribution in [0.15, 0.2) is 54.7 Å². The summed E-state index contributed by atoms with van der Waals surface area (Å²) in [5.41, 5.74) is 4.67.